The molecule has 0 saturated carbocycles. The molecular formula is C40H66N12O12. The smallest absolute Gasteiger partial charge is 0.326 e. The van der Waals surface area contributed by atoms with Crippen molar-refractivity contribution >= 4 is 53.3 Å². The molecule has 2 rings (SSSR count). The van der Waals surface area contributed by atoms with Crippen LogP contribution in [0.5, 0.6) is 5.75 Å². The Bertz CT molecular complexity index is 1760. The fraction of sp³-hybridized carbons (Fsp3) is 0.625. The van der Waals surface area contributed by atoms with Crippen LogP contribution in [0.1, 0.15) is 70.8 Å². The van der Waals surface area contributed by atoms with Gasteiger partial charge in [-0.1, -0.05) is 32.4 Å². The van der Waals surface area contributed by atoms with Crippen LogP contribution in [0.15, 0.2) is 29.3 Å². The van der Waals surface area contributed by atoms with Crippen molar-refractivity contribution in [3.63, 3.8) is 0 Å². The number of nitrogens with one attached hydrogen (secondary N) is 6. The molecule has 7 amide bonds. The minimum absolute atomic E-state index is 0.0336. The molecule has 0 radical (unpaired) electrons. The number of guanidine groups is 1. The Morgan fingerprint density at radius 3 is 1.91 bits per heavy atom. The number of aliphatic hydroxyl groups excluding tert-OH is 2. The number of aliphatic carboxylic acids is 1. The predicted molar refractivity (Wildman–Crippen MR) is 231 cm³/mol. The summed E-state index contributed by atoms with van der Waals surface area (Å²) in [6.45, 7) is 1.86. The van der Waals surface area contributed by atoms with Gasteiger partial charge in [0.15, 0.2) is 5.96 Å². The summed E-state index contributed by atoms with van der Waals surface area (Å²) in [5.74, 6) is -7.65. The number of likely N-dealkylation sites (tertiary alicyclic amines) is 1. The zero-order chi connectivity index (χ0) is 47.9. The number of carboxylic acids is 1. The molecule has 0 bridgehead atoms. The number of aliphatic hydroxyl groups is 2. The van der Waals surface area contributed by atoms with Crippen molar-refractivity contribution in [1.29, 1.82) is 0 Å². The van der Waals surface area contributed by atoms with E-state index in [0.29, 0.717) is 37.8 Å². The Balaban J connectivity index is 2.20. The van der Waals surface area contributed by atoms with E-state index in [1.165, 1.54) is 29.2 Å². The topological polar surface area (TPSA) is 409 Å². The third-order valence-corrected chi connectivity index (χ3v) is 10.1. The van der Waals surface area contributed by atoms with Crippen LogP contribution in [0.2, 0.25) is 0 Å². The summed E-state index contributed by atoms with van der Waals surface area (Å²) >= 11 is 0. The molecule has 18 N–H and O–H groups in total. The Hall–Kier alpha value is -6.11. The van der Waals surface area contributed by atoms with Crippen molar-refractivity contribution in [1.82, 2.24) is 36.8 Å². The number of unbranched alkanes of at least 4 members (excludes halogenated alkanes) is 1. The van der Waals surface area contributed by atoms with Gasteiger partial charge in [-0.05, 0) is 75.1 Å². The maximum absolute atomic E-state index is 13.8. The Labute approximate surface area is 371 Å². The molecule has 24 heteroatoms. The summed E-state index contributed by atoms with van der Waals surface area (Å²) in [5.41, 5.74) is 22.4. The maximum Gasteiger partial charge on any atom is 0.326 e. The number of aliphatic imine (C=N–C) groups is 1. The van der Waals surface area contributed by atoms with E-state index in [2.05, 4.69) is 36.9 Å². The predicted octanol–water partition coefficient (Wildman–Crippen LogP) is -4.91. The molecule has 7 atom stereocenters. The molecule has 24 nitrogen and oxygen atoms in total. The van der Waals surface area contributed by atoms with E-state index in [0.717, 1.165) is 0 Å². The molecule has 0 aliphatic carbocycles. The van der Waals surface area contributed by atoms with Gasteiger partial charge in [0.05, 0.1) is 25.8 Å². The first kappa shape index (κ1) is 54.0. The highest BCUT2D eigenvalue weighted by molar-refractivity contribution is 5.97. The molecule has 1 fully saturated rings. The maximum atomic E-state index is 13.8. The molecule has 358 valence electrons. The Morgan fingerprint density at radius 2 is 1.33 bits per heavy atom. The van der Waals surface area contributed by atoms with Gasteiger partial charge in [0.2, 0.25) is 41.4 Å². The second-order valence-electron chi connectivity index (χ2n) is 15.8. The normalized spacial score (nSPS) is 16.2. The third-order valence-electron chi connectivity index (χ3n) is 10.1. The van der Waals surface area contributed by atoms with Crippen molar-refractivity contribution in [2.24, 2.45) is 33.8 Å². The van der Waals surface area contributed by atoms with Crippen LogP contribution in [0, 0.1) is 5.92 Å². The molecule has 64 heavy (non-hydrogen) atoms. The third kappa shape index (κ3) is 18.7. The van der Waals surface area contributed by atoms with Crippen molar-refractivity contribution in [3.8, 4) is 5.75 Å². The van der Waals surface area contributed by atoms with Crippen LogP contribution in [-0.2, 0) is 44.8 Å². The molecule has 0 spiro atoms. The monoisotopic (exact) mass is 906 g/mol. The van der Waals surface area contributed by atoms with Crippen LogP contribution in [-0.4, -0.2) is 160 Å². The number of benzene rings is 1. The number of aromatic hydroxyl groups is 1. The van der Waals surface area contributed by atoms with Gasteiger partial charge in [0.1, 0.15) is 42.0 Å². The van der Waals surface area contributed by atoms with E-state index in [4.69, 9.17) is 22.9 Å². The molecule has 1 aliphatic rings. The number of hydrogen-bond acceptors (Lipinski definition) is 14. The van der Waals surface area contributed by atoms with Crippen molar-refractivity contribution in [3.05, 3.63) is 29.8 Å². The van der Waals surface area contributed by atoms with E-state index in [9.17, 15) is 58.8 Å². The van der Waals surface area contributed by atoms with Gasteiger partial charge in [0.25, 0.3) is 0 Å². The number of carbonyl (C=O) groups excluding carboxylic acids is 7. The van der Waals surface area contributed by atoms with Gasteiger partial charge in [-0.25, -0.2) is 4.79 Å². The molecular weight excluding hydrogens is 841 g/mol. The Kier molecular flexibility index (Phi) is 23.5. The molecule has 1 aromatic carbocycles. The number of carboxylic acid groups (broad SMARTS) is 1. The van der Waals surface area contributed by atoms with Gasteiger partial charge in [-0.3, -0.25) is 38.6 Å². The highest BCUT2D eigenvalue weighted by Crippen LogP contribution is 2.18. The van der Waals surface area contributed by atoms with Crippen LogP contribution < -0.4 is 54.8 Å². The summed E-state index contributed by atoms with van der Waals surface area (Å²) in [5, 5.41) is 54.4. The number of amides is 7. The lowest BCUT2D eigenvalue weighted by molar-refractivity contribution is -0.142. The van der Waals surface area contributed by atoms with Crippen LogP contribution >= 0.6 is 0 Å². The second-order valence-corrected chi connectivity index (χ2v) is 15.8. The molecule has 0 unspecified atom stereocenters. The summed E-state index contributed by atoms with van der Waals surface area (Å²) in [7, 11) is 0. The van der Waals surface area contributed by atoms with E-state index >= 15 is 0 Å². The first-order valence-electron chi connectivity index (χ1n) is 21.1. The zero-order valence-corrected chi connectivity index (χ0v) is 36.3. The summed E-state index contributed by atoms with van der Waals surface area (Å²) in [6, 6.07) is -3.89. The number of hydrogen-bond donors (Lipinski definition) is 14. The number of nitrogens with zero attached hydrogens (tertiary/aromatic N) is 2. The van der Waals surface area contributed by atoms with Crippen LogP contribution in [0.4, 0.5) is 0 Å². The van der Waals surface area contributed by atoms with Gasteiger partial charge >= 0.3 is 5.97 Å². The fourth-order valence-corrected chi connectivity index (χ4v) is 6.66. The number of carbonyl (C=O) groups is 8. The average molecular weight is 907 g/mol. The van der Waals surface area contributed by atoms with Crippen LogP contribution in [0.3, 0.4) is 0 Å². The molecule has 1 heterocycles. The highest BCUT2D eigenvalue weighted by atomic mass is 16.4. The van der Waals surface area contributed by atoms with Crippen molar-refractivity contribution in [2.75, 3.05) is 39.4 Å². The molecule has 1 aliphatic heterocycles. The minimum atomic E-state index is -1.69. The highest BCUT2D eigenvalue weighted by Gasteiger charge is 2.37. The van der Waals surface area contributed by atoms with Crippen LogP contribution in [0.25, 0.3) is 0 Å². The largest absolute Gasteiger partial charge is 0.508 e. The van der Waals surface area contributed by atoms with Crippen molar-refractivity contribution < 1.29 is 58.8 Å². The SMILES string of the molecule is CC(C)C[C@H](NC(=O)[C@H](CO)NC(=O)[C@H](Cc1ccc(O)cc1)NC(=O)[C@H](CO)NC(=O)[C@@H]1CCCN1C(=O)CNC(=O)[C@@H](N)CCCCN)C(=O)N[C@@H](CCCN=C(N)N)C(=O)O. The summed E-state index contributed by atoms with van der Waals surface area (Å²) in [4.78, 5) is 110. The van der Waals surface area contributed by atoms with E-state index in [1.807, 2.05) is 0 Å². The lowest BCUT2D eigenvalue weighted by Gasteiger charge is -2.28. The van der Waals surface area contributed by atoms with Gasteiger partial charge in [0, 0.05) is 19.5 Å². The quantitative estimate of drug-likeness (QED) is 0.0213. The number of phenolic OH excluding ortho intramolecular Hbond substituents is 1. The number of nitrogens with two attached hydrogens (primary N) is 4. The van der Waals surface area contributed by atoms with Gasteiger partial charge in [-0.15, -0.1) is 0 Å². The lowest BCUT2D eigenvalue weighted by Crippen LogP contribution is -2.61. The summed E-state index contributed by atoms with van der Waals surface area (Å²) in [6.07, 6.45) is 2.25. The van der Waals surface area contributed by atoms with Gasteiger partial charge < -0.3 is 80.2 Å². The molecule has 1 aromatic rings. The van der Waals surface area contributed by atoms with E-state index in [1.54, 1.807) is 13.8 Å². The second kappa shape index (κ2) is 27.8. The van der Waals surface area contributed by atoms with Crippen molar-refractivity contribution in [2.45, 2.75) is 114 Å². The number of phenols is 1. The molecule has 0 aromatic heterocycles. The van der Waals surface area contributed by atoms with E-state index < -0.39 is 109 Å². The first-order chi connectivity index (χ1) is 30.3. The zero-order valence-electron chi connectivity index (χ0n) is 36.3. The average Bonchev–Trinajstić information content (AvgIpc) is 3.75. The van der Waals surface area contributed by atoms with Gasteiger partial charge in [-0.2, -0.15) is 0 Å². The Morgan fingerprint density at radius 1 is 0.766 bits per heavy atom. The number of rotatable bonds is 28. The van der Waals surface area contributed by atoms with E-state index in [-0.39, 0.29) is 62.8 Å². The standard InChI is InChI=1S/C40H66N12O12/c1-22(2)17-27(34(58)47-26(39(63)64)8-5-15-45-40(43)44)48-36(60)29(20-53)50-35(59)28(18-23-10-12-24(55)13-11-23)49-37(61)30(21-54)51-38(62)31-9-6-16-52(31)32(56)19-46-33(57)25(42)7-3-4-14-41/h10-13,22,25-31,53-55H,3-9,14-21,41-42H2,1-2H3,(H,46,57)(H,47,58)(H,48,60)(H,49,61)(H,50,59)(H,51,62)(H,63,64)(H4,43,44,45)/t25-,26-,27-,28-,29-,30-,31-/m0/s1. The minimum Gasteiger partial charge on any atom is -0.508 e. The first-order valence-corrected chi connectivity index (χ1v) is 21.1. The lowest BCUT2D eigenvalue weighted by atomic mass is 10.0. The molecule has 1 saturated heterocycles. The summed E-state index contributed by atoms with van der Waals surface area (Å²) < 4.78 is 0. The fourth-order valence-electron chi connectivity index (χ4n) is 6.66.